The summed E-state index contributed by atoms with van der Waals surface area (Å²) in [6.45, 7) is 0.872. The number of ether oxygens (including phenoxy) is 1. The van der Waals surface area contributed by atoms with Crippen LogP contribution in [0.2, 0.25) is 0 Å². The molecular formula is C13H17NO3S. The van der Waals surface area contributed by atoms with Crippen molar-refractivity contribution in [1.29, 1.82) is 0 Å². The van der Waals surface area contributed by atoms with Gasteiger partial charge in [-0.3, -0.25) is 0 Å². The molecule has 0 saturated heterocycles. The quantitative estimate of drug-likeness (QED) is 0.827. The van der Waals surface area contributed by atoms with Crippen LogP contribution in [-0.2, 0) is 9.84 Å². The highest BCUT2D eigenvalue weighted by atomic mass is 32.2. The molecule has 1 heterocycles. The molecule has 0 radical (unpaired) electrons. The second-order valence-electron chi connectivity index (χ2n) is 4.26. The minimum Gasteiger partial charge on any atom is -0.497 e. The second kappa shape index (κ2) is 5.12. The van der Waals surface area contributed by atoms with Crippen molar-refractivity contribution < 1.29 is 13.2 Å². The van der Waals surface area contributed by atoms with Crippen LogP contribution in [0.1, 0.15) is 18.4 Å². The van der Waals surface area contributed by atoms with Gasteiger partial charge >= 0.3 is 0 Å². The van der Waals surface area contributed by atoms with Crippen LogP contribution < -0.4 is 10.1 Å². The molecule has 0 aliphatic carbocycles. The van der Waals surface area contributed by atoms with Gasteiger partial charge in [-0.1, -0.05) is 0 Å². The van der Waals surface area contributed by atoms with Crippen LogP contribution in [-0.4, -0.2) is 29.1 Å². The van der Waals surface area contributed by atoms with Crippen LogP contribution in [0.5, 0.6) is 5.75 Å². The number of sulfone groups is 1. The molecule has 0 bridgehead atoms. The summed E-state index contributed by atoms with van der Waals surface area (Å²) in [5.74, 6) is 0.686. The summed E-state index contributed by atoms with van der Waals surface area (Å²) in [5, 5.41) is 4.44. The summed E-state index contributed by atoms with van der Waals surface area (Å²) in [5.41, 5.74) is 1.66. The van der Waals surface area contributed by atoms with Crippen LogP contribution in [0.15, 0.2) is 28.5 Å². The van der Waals surface area contributed by atoms with Gasteiger partial charge in [-0.25, -0.2) is 8.42 Å². The Labute approximate surface area is 108 Å². The van der Waals surface area contributed by atoms with Crippen molar-refractivity contribution in [1.82, 2.24) is 5.32 Å². The molecule has 1 aliphatic heterocycles. The summed E-state index contributed by atoms with van der Waals surface area (Å²) in [4.78, 5) is 0.391. The highest BCUT2D eigenvalue weighted by Gasteiger charge is 2.26. The Morgan fingerprint density at radius 3 is 2.78 bits per heavy atom. The SMILES string of the molecule is CNCCCC1=CS(=O)(=O)c2ccc(OC)cc21. The predicted octanol–water partition coefficient (Wildman–Crippen LogP) is 1.82. The molecule has 4 nitrogen and oxygen atoms in total. The molecule has 5 heteroatoms. The first-order valence-corrected chi connectivity index (χ1v) is 7.42. The Kier molecular flexibility index (Phi) is 3.73. The minimum absolute atomic E-state index is 0.391. The third kappa shape index (κ3) is 2.42. The van der Waals surface area contributed by atoms with Gasteiger partial charge in [-0.05, 0) is 50.2 Å². The van der Waals surface area contributed by atoms with E-state index in [-0.39, 0.29) is 0 Å². The van der Waals surface area contributed by atoms with Gasteiger partial charge in [0.15, 0.2) is 0 Å². The van der Waals surface area contributed by atoms with E-state index in [1.54, 1.807) is 25.3 Å². The fourth-order valence-electron chi connectivity index (χ4n) is 2.10. The molecular weight excluding hydrogens is 250 g/mol. The lowest BCUT2D eigenvalue weighted by molar-refractivity contribution is 0.414. The minimum atomic E-state index is -3.25. The molecule has 1 aliphatic rings. The molecule has 18 heavy (non-hydrogen) atoms. The molecule has 1 aromatic carbocycles. The van der Waals surface area contributed by atoms with Crippen molar-refractivity contribution >= 4 is 15.4 Å². The Morgan fingerprint density at radius 2 is 2.11 bits per heavy atom. The zero-order chi connectivity index (χ0) is 13.2. The van der Waals surface area contributed by atoms with Gasteiger partial charge in [0.1, 0.15) is 5.75 Å². The summed E-state index contributed by atoms with van der Waals surface area (Å²) >= 11 is 0. The Balaban J connectivity index is 2.35. The molecule has 0 unspecified atom stereocenters. The molecule has 1 N–H and O–H groups in total. The maximum absolute atomic E-state index is 12.0. The number of fused-ring (bicyclic) bond motifs is 1. The van der Waals surface area contributed by atoms with Crippen LogP contribution in [0.4, 0.5) is 0 Å². The molecule has 0 amide bonds. The second-order valence-corrected chi connectivity index (χ2v) is 6.02. The number of hydrogen-bond donors (Lipinski definition) is 1. The number of methoxy groups -OCH3 is 1. The number of rotatable bonds is 5. The van der Waals surface area contributed by atoms with Crippen molar-refractivity contribution in [2.24, 2.45) is 0 Å². The zero-order valence-electron chi connectivity index (χ0n) is 10.6. The first kappa shape index (κ1) is 13.1. The number of allylic oxidation sites excluding steroid dienone is 1. The Morgan fingerprint density at radius 1 is 1.33 bits per heavy atom. The van der Waals surface area contributed by atoms with E-state index in [1.165, 1.54) is 5.41 Å². The molecule has 0 atom stereocenters. The lowest BCUT2D eigenvalue weighted by Crippen LogP contribution is -2.07. The van der Waals surface area contributed by atoms with Crippen LogP contribution >= 0.6 is 0 Å². The summed E-state index contributed by atoms with van der Waals surface area (Å²) < 4.78 is 29.1. The van der Waals surface area contributed by atoms with E-state index in [0.717, 1.165) is 30.5 Å². The van der Waals surface area contributed by atoms with E-state index < -0.39 is 9.84 Å². The average Bonchev–Trinajstić information content (AvgIpc) is 2.61. The van der Waals surface area contributed by atoms with Gasteiger partial charge < -0.3 is 10.1 Å². The van der Waals surface area contributed by atoms with E-state index in [2.05, 4.69) is 5.32 Å². The third-order valence-corrected chi connectivity index (χ3v) is 4.57. The lowest BCUT2D eigenvalue weighted by atomic mass is 10.0. The summed E-state index contributed by atoms with van der Waals surface area (Å²) in [7, 11) is 0.210. The molecule has 0 fully saturated rings. The lowest BCUT2D eigenvalue weighted by Gasteiger charge is -2.06. The molecule has 0 spiro atoms. The first-order chi connectivity index (χ1) is 8.58. The smallest absolute Gasteiger partial charge is 0.200 e. The topological polar surface area (TPSA) is 55.4 Å². The normalized spacial score (nSPS) is 16.2. The Hall–Kier alpha value is -1.33. The van der Waals surface area contributed by atoms with E-state index >= 15 is 0 Å². The zero-order valence-corrected chi connectivity index (χ0v) is 11.4. The largest absolute Gasteiger partial charge is 0.497 e. The van der Waals surface area contributed by atoms with Crippen molar-refractivity contribution in [3.05, 3.63) is 29.2 Å². The molecule has 98 valence electrons. The van der Waals surface area contributed by atoms with Gasteiger partial charge in [-0.2, -0.15) is 0 Å². The number of hydrogen-bond acceptors (Lipinski definition) is 4. The standard InChI is InChI=1S/C13H17NO3S/c1-14-7-3-4-10-9-18(15,16)13-6-5-11(17-2)8-12(10)13/h5-6,8-9,14H,3-4,7H2,1-2H3. The third-order valence-electron chi connectivity index (χ3n) is 3.01. The molecule has 1 aromatic rings. The van der Waals surface area contributed by atoms with Crippen molar-refractivity contribution in [2.45, 2.75) is 17.7 Å². The Bertz CT molecular complexity index is 576. The van der Waals surface area contributed by atoms with Gasteiger partial charge in [-0.15, -0.1) is 0 Å². The first-order valence-electron chi connectivity index (χ1n) is 5.87. The predicted molar refractivity (Wildman–Crippen MR) is 71.3 cm³/mol. The maximum Gasteiger partial charge on any atom is 0.200 e. The van der Waals surface area contributed by atoms with Crippen LogP contribution in [0, 0.1) is 0 Å². The highest BCUT2D eigenvalue weighted by Crippen LogP contribution is 2.37. The fraction of sp³-hybridized carbons (Fsp3) is 0.385. The molecule has 2 rings (SSSR count). The number of nitrogens with one attached hydrogen (secondary N) is 1. The van der Waals surface area contributed by atoms with Gasteiger partial charge in [0.05, 0.1) is 12.0 Å². The van der Waals surface area contributed by atoms with E-state index in [0.29, 0.717) is 10.6 Å². The monoisotopic (exact) mass is 267 g/mol. The van der Waals surface area contributed by atoms with Crippen LogP contribution in [0.25, 0.3) is 5.57 Å². The summed E-state index contributed by atoms with van der Waals surface area (Å²) in [6.07, 6.45) is 1.66. The van der Waals surface area contributed by atoms with Gasteiger partial charge in [0.25, 0.3) is 0 Å². The average molecular weight is 267 g/mol. The van der Waals surface area contributed by atoms with Crippen molar-refractivity contribution in [3.63, 3.8) is 0 Å². The summed E-state index contributed by atoms with van der Waals surface area (Å²) in [6, 6.07) is 5.09. The molecule has 0 aromatic heterocycles. The van der Waals surface area contributed by atoms with E-state index in [1.807, 2.05) is 7.05 Å². The maximum atomic E-state index is 12.0. The van der Waals surface area contributed by atoms with E-state index in [9.17, 15) is 8.42 Å². The van der Waals surface area contributed by atoms with Gasteiger partial charge in [0.2, 0.25) is 9.84 Å². The van der Waals surface area contributed by atoms with E-state index in [4.69, 9.17) is 4.74 Å². The van der Waals surface area contributed by atoms with Crippen molar-refractivity contribution in [3.8, 4) is 5.75 Å². The van der Waals surface area contributed by atoms with Gasteiger partial charge in [0, 0.05) is 11.0 Å². The number of benzene rings is 1. The molecule has 0 saturated carbocycles. The fourth-order valence-corrected chi connectivity index (χ4v) is 3.60. The highest BCUT2D eigenvalue weighted by molar-refractivity contribution is 7.95. The van der Waals surface area contributed by atoms with Crippen molar-refractivity contribution in [2.75, 3.05) is 20.7 Å². The van der Waals surface area contributed by atoms with Crippen LogP contribution in [0.3, 0.4) is 0 Å².